The van der Waals surface area contributed by atoms with Gasteiger partial charge in [-0.3, -0.25) is 4.79 Å². The van der Waals surface area contributed by atoms with E-state index >= 15 is 0 Å². The van der Waals surface area contributed by atoms with Gasteiger partial charge in [0.25, 0.3) is 0 Å². The van der Waals surface area contributed by atoms with E-state index in [2.05, 4.69) is 12.2 Å². The number of alkyl halides is 1. The maximum Gasteiger partial charge on any atom is 0.155 e. The third kappa shape index (κ3) is 2.48. The molecule has 14 heavy (non-hydrogen) atoms. The van der Waals surface area contributed by atoms with Gasteiger partial charge in [0.1, 0.15) is 0 Å². The molecule has 3 unspecified atom stereocenters. The molecule has 1 saturated heterocycles. The van der Waals surface area contributed by atoms with E-state index in [1.165, 1.54) is 0 Å². The highest BCUT2D eigenvalue weighted by molar-refractivity contribution is 6.21. The van der Waals surface area contributed by atoms with Crippen molar-refractivity contribution in [2.24, 2.45) is 11.3 Å². The Bertz CT molecular complexity index is 222. The van der Waals surface area contributed by atoms with Crippen molar-refractivity contribution in [1.82, 2.24) is 5.32 Å². The molecule has 0 aliphatic carbocycles. The first-order valence-electron chi connectivity index (χ1n) is 5.26. The van der Waals surface area contributed by atoms with E-state index in [4.69, 9.17) is 11.6 Å². The molecule has 0 aromatic heterocycles. The molecule has 0 amide bonds. The van der Waals surface area contributed by atoms with Crippen molar-refractivity contribution >= 4 is 17.4 Å². The summed E-state index contributed by atoms with van der Waals surface area (Å²) in [5.41, 5.74) is -0.278. The quantitative estimate of drug-likeness (QED) is 0.683. The zero-order chi connectivity index (χ0) is 10.9. The second kappa shape index (κ2) is 4.19. The molecule has 3 atom stereocenters. The molecule has 1 N–H and O–H groups in total. The highest BCUT2D eigenvalue weighted by Gasteiger charge is 2.37. The maximum absolute atomic E-state index is 12.1. The van der Waals surface area contributed by atoms with Crippen LogP contribution in [0.2, 0.25) is 0 Å². The standard InChI is InChI=1S/C11H20ClNO/c1-7-8(12)5-6-13-9(7)10(14)11(2,3)4/h7-9,13H,5-6H2,1-4H3. The second-order valence-electron chi connectivity index (χ2n) is 5.21. The van der Waals surface area contributed by atoms with Gasteiger partial charge < -0.3 is 5.32 Å². The van der Waals surface area contributed by atoms with E-state index in [1.807, 2.05) is 20.8 Å². The largest absolute Gasteiger partial charge is 0.307 e. The fourth-order valence-corrected chi connectivity index (χ4v) is 2.09. The van der Waals surface area contributed by atoms with Gasteiger partial charge in [-0.1, -0.05) is 27.7 Å². The van der Waals surface area contributed by atoms with Crippen LogP contribution in [0.15, 0.2) is 0 Å². The number of ketones is 1. The summed E-state index contributed by atoms with van der Waals surface area (Å²) in [7, 11) is 0. The smallest absolute Gasteiger partial charge is 0.155 e. The topological polar surface area (TPSA) is 29.1 Å². The van der Waals surface area contributed by atoms with Crippen LogP contribution in [0.1, 0.15) is 34.1 Å². The van der Waals surface area contributed by atoms with Crippen LogP contribution in [-0.4, -0.2) is 23.7 Å². The molecular weight excluding hydrogens is 198 g/mol. The van der Waals surface area contributed by atoms with Crippen LogP contribution < -0.4 is 5.32 Å². The van der Waals surface area contributed by atoms with Crippen LogP contribution >= 0.6 is 11.6 Å². The number of nitrogens with one attached hydrogen (secondary N) is 1. The average molecular weight is 218 g/mol. The van der Waals surface area contributed by atoms with Gasteiger partial charge in [-0.2, -0.15) is 0 Å². The van der Waals surface area contributed by atoms with Crippen LogP contribution in [0.25, 0.3) is 0 Å². The molecule has 0 bridgehead atoms. The van der Waals surface area contributed by atoms with Crippen molar-refractivity contribution < 1.29 is 4.79 Å². The minimum atomic E-state index is -0.278. The normalized spacial score (nSPS) is 34.2. The molecule has 1 aliphatic rings. The summed E-state index contributed by atoms with van der Waals surface area (Å²) in [4.78, 5) is 12.1. The Hall–Kier alpha value is -0.0800. The Labute approximate surface area is 91.4 Å². The van der Waals surface area contributed by atoms with Crippen LogP contribution in [0, 0.1) is 11.3 Å². The van der Waals surface area contributed by atoms with Crippen molar-refractivity contribution in [3.63, 3.8) is 0 Å². The Morgan fingerprint density at radius 3 is 2.50 bits per heavy atom. The number of rotatable bonds is 1. The number of halogens is 1. The minimum absolute atomic E-state index is 0.0637. The SMILES string of the molecule is CC1C(Cl)CCNC1C(=O)C(C)(C)C. The zero-order valence-corrected chi connectivity index (χ0v) is 10.2. The van der Waals surface area contributed by atoms with E-state index < -0.39 is 0 Å². The lowest BCUT2D eigenvalue weighted by atomic mass is 9.79. The molecule has 0 aromatic carbocycles. The number of carbonyl (C=O) groups excluding carboxylic acids is 1. The van der Waals surface area contributed by atoms with E-state index in [9.17, 15) is 4.79 Å². The van der Waals surface area contributed by atoms with E-state index in [0.717, 1.165) is 13.0 Å². The third-order valence-electron chi connectivity index (χ3n) is 2.90. The highest BCUT2D eigenvalue weighted by atomic mass is 35.5. The molecular formula is C11H20ClNO. The molecule has 0 spiro atoms. The monoisotopic (exact) mass is 217 g/mol. The van der Waals surface area contributed by atoms with Crippen molar-refractivity contribution in [3.05, 3.63) is 0 Å². The number of hydrogen-bond donors (Lipinski definition) is 1. The first kappa shape index (κ1) is 12.0. The summed E-state index contributed by atoms with van der Waals surface area (Å²) in [5, 5.41) is 3.40. The first-order valence-corrected chi connectivity index (χ1v) is 5.69. The highest BCUT2D eigenvalue weighted by Crippen LogP contribution is 2.27. The van der Waals surface area contributed by atoms with Crippen LogP contribution in [-0.2, 0) is 4.79 Å². The van der Waals surface area contributed by atoms with Crippen molar-refractivity contribution in [3.8, 4) is 0 Å². The Kier molecular flexibility index (Phi) is 3.59. The Morgan fingerprint density at radius 2 is 2.00 bits per heavy atom. The predicted molar refractivity (Wildman–Crippen MR) is 59.7 cm³/mol. The molecule has 1 heterocycles. The minimum Gasteiger partial charge on any atom is -0.307 e. The zero-order valence-electron chi connectivity index (χ0n) is 9.43. The summed E-state index contributed by atoms with van der Waals surface area (Å²) in [6.07, 6.45) is 0.955. The summed E-state index contributed by atoms with van der Waals surface area (Å²) >= 11 is 6.16. The van der Waals surface area contributed by atoms with Gasteiger partial charge in [0, 0.05) is 10.8 Å². The van der Waals surface area contributed by atoms with Crippen LogP contribution in [0.5, 0.6) is 0 Å². The number of piperidine rings is 1. The van der Waals surface area contributed by atoms with Crippen molar-refractivity contribution in [2.45, 2.75) is 45.5 Å². The summed E-state index contributed by atoms with van der Waals surface area (Å²) in [6, 6.07) is -0.0637. The number of carbonyl (C=O) groups is 1. The lowest BCUT2D eigenvalue weighted by Gasteiger charge is -2.36. The van der Waals surface area contributed by atoms with E-state index in [-0.39, 0.29) is 28.5 Å². The molecule has 0 saturated carbocycles. The van der Waals surface area contributed by atoms with Gasteiger partial charge in [-0.15, -0.1) is 11.6 Å². The van der Waals surface area contributed by atoms with E-state index in [0.29, 0.717) is 0 Å². The summed E-state index contributed by atoms with van der Waals surface area (Å²) in [5.74, 6) is 0.507. The van der Waals surface area contributed by atoms with Gasteiger partial charge in [-0.05, 0) is 18.9 Å². The molecule has 0 radical (unpaired) electrons. The van der Waals surface area contributed by atoms with Gasteiger partial charge >= 0.3 is 0 Å². The van der Waals surface area contributed by atoms with Gasteiger partial charge in [0.05, 0.1) is 6.04 Å². The molecule has 1 aliphatic heterocycles. The number of hydrogen-bond acceptors (Lipinski definition) is 2. The van der Waals surface area contributed by atoms with Crippen LogP contribution in [0.3, 0.4) is 0 Å². The number of Topliss-reactive ketones (excluding diaryl/α,β-unsaturated/α-hetero) is 1. The fourth-order valence-electron chi connectivity index (χ4n) is 1.83. The molecule has 1 rings (SSSR count). The van der Waals surface area contributed by atoms with Gasteiger partial charge in [0.2, 0.25) is 0 Å². The molecule has 0 aromatic rings. The Morgan fingerprint density at radius 1 is 1.43 bits per heavy atom. The van der Waals surface area contributed by atoms with Crippen molar-refractivity contribution in [2.75, 3.05) is 6.54 Å². The third-order valence-corrected chi connectivity index (χ3v) is 3.52. The first-order chi connectivity index (χ1) is 6.34. The predicted octanol–water partition coefficient (Wildman–Crippen LogP) is 2.21. The average Bonchev–Trinajstić information content (AvgIpc) is 2.07. The molecule has 82 valence electrons. The Balaban J connectivity index is 2.72. The van der Waals surface area contributed by atoms with Crippen LogP contribution in [0.4, 0.5) is 0 Å². The maximum atomic E-state index is 12.1. The lowest BCUT2D eigenvalue weighted by molar-refractivity contribution is -0.130. The van der Waals surface area contributed by atoms with E-state index in [1.54, 1.807) is 0 Å². The lowest BCUT2D eigenvalue weighted by Crippen LogP contribution is -2.53. The summed E-state index contributed by atoms with van der Waals surface area (Å²) in [6.45, 7) is 8.79. The fraction of sp³-hybridized carbons (Fsp3) is 0.909. The summed E-state index contributed by atoms with van der Waals surface area (Å²) < 4.78 is 0. The molecule has 2 nitrogen and oxygen atoms in total. The molecule has 3 heteroatoms. The van der Waals surface area contributed by atoms with Crippen molar-refractivity contribution in [1.29, 1.82) is 0 Å². The molecule has 1 fully saturated rings. The van der Waals surface area contributed by atoms with Gasteiger partial charge in [0.15, 0.2) is 5.78 Å². The second-order valence-corrected chi connectivity index (χ2v) is 5.77. The van der Waals surface area contributed by atoms with Gasteiger partial charge in [-0.25, -0.2) is 0 Å².